The summed E-state index contributed by atoms with van der Waals surface area (Å²) in [7, 11) is 1.51. The van der Waals surface area contributed by atoms with Crippen LogP contribution in [0.5, 0.6) is 5.75 Å². The minimum atomic E-state index is -0.495. The van der Waals surface area contributed by atoms with Crippen LogP contribution in [-0.2, 0) is 4.74 Å². The number of benzene rings is 1. The van der Waals surface area contributed by atoms with Gasteiger partial charge in [-0.2, -0.15) is 0 Å². The highest BCUT2D eigenvalue weighted by Gasteiger charge is 2.42. The lowest BCUT2D eigenvalue weighted by molar-refractivity contribution is -0.149. The third-order valence-electron chi connectivity index (χ3n) is 2.67. The quantitative estimate of drug-likeness (QED) is 0.887. The van der Waals surface area contributed by atoms with Crippen molar-refractivity contribution in [2.45, 2.75) is 24.7 Å². The van der Waals surface area contributed by atoms with Crippen LogP contribution in [0.1, 0.15) is 6.42 Å². The second-order valence-electron chi connectivity index (χ2n) is 3.74. The van der Waals surface area contributed by atoms with E-state index in [0.29, 0.717) is 12.2 Å². The fraction of sp³-hybridized carbons (Fsp3) is 0.455. The molecule has 0 amide bonds. The molecule has 3 atom stereocenters. The first-order valence-electron chi connectivity index (χ1n) is 4.94. The number of hydrogen-bond acceptors (Lipinski definition) is 3. The molecule has 1 N–H and O–H groups in total. The Bertz CT molecular complexity index is 385. The first kappa shape index (κ1) is 11.6. The molecule has 0 radical (unpaired) electrons. The topological polar surface area (TPSA) is 38.7 Å². The molecule has 0 spiro atoms. The summed E-state index contributed by atoms with van der Waals surface area (Å²) in [5.74, 6) is -0.00342. The van der Waals surface area contributed by atoms with Gasteiger partial charge in [-0.15, -0.1) is 0 Å². The molecule has 5 heteroatoms. The second-order valence-corrected chi connectivity index (χ2v) is 4.14. The third-order valence-corrected chi connectivity index (χ3v) is 2.96. The summed E-state index contributed by atoms with van der Waals surface area (Å²) >= 11 is 5.62. The summed E-state index contributed by atoms with van der Waals surface area (Å²) in [6.07, 6.45) is -0.524. The van der Waals surface area contributed by atoms with Gasteiger partial charge in [-0.1, -0.05) is 11.6 Å². The van der Waals surface area contributed by atoms with E-state index in [1.165, 1.54) is 25.3 Å². The Morgan fingerprint density at radius 3 is 2.81 bits per heavy atom. The van der Waals surface area contributed by atoms with Gasteiger partial charge >= 0.3 is 0 Å². The Kier molecular flexibility index (Phi) is 3.33. The maximum Gasteiger partial charge on any atom is 0.142 e. The molecule has 88 valence electrons. The van der Waals surface area contributed by atoms with Gasteiger partial charge in [-0.3, -0.25) is 0 Å². The van der Waals surface area contributed by atoms with Crippen molar-refractivity contribution in [1.82, 2.24) is 0 Å². The second kappa shape index (κ2) is 4.57. The lowest BCUT2D eigenvalue weighted by Gasteiger charge is -2.39. The van der Waals surface area contributed by atoms with Crippen LogP contribution in [0.4, 0.5) is 4.39 Å². The highest BCUT2D eigenvalue weighted by atomic mass is 35.5. The number of halogens is 2. The lowest BCUT2D eigenvalue weighted by Crippen LogP contribution is -2.54. The minimum absolute atomic E-state index is 0.0198. The molecule has 1 aromatic carbocycles. The van der Waals surface area contributed by atoms with Crippen molar-refractivity contribution in [1.29, 1.82) is 0 Å². The first-order valence-corrected chi connectivity index (χ1v) is 5.32. The fourth-order valence-electron chi connectivity index (χ4n) is 1.71. The molecule has 1 aromatic rings. The average Bonchev–Trinajstić information content (AvgIpc) is 2.23. The minimum Gasteiger partial charge on any atom is -0.487 e. The Labute approximate surface area is 97.7 Å². The SMILES string of the molecule is COC1C(O)CC1Oc1ccc(F)c(Cl)c1. The van der Waals surface area contributed by atoms with Crippen molar-refractivity contribution in [3.63, 3.8) is 0 Å². The van der Waals surface area contributed by atoms with Gasteiger partial charge in [0, 0.05) is 19.6 Å². The van der Waals surface area contributed by atoms with E-state index < -0.39 is 11.9 Å². The van der Waals surface area contributed by atoms with E-state index >= 15 is 0 Å². The zero-order chi connectivity index (χ0) is 11.7. The van der Waals surface area contributed by atoms with Crippen molar-refractivity contribution >= 4 is 11.6 Å². The van der Waals surface area contributed by atoms with Crippen molar-refractivity contribution in [2.24, 2.45) is 0 Å². The van der Waals surface area contributed by atoms with Gasteiger partial charge in [0.25, 0.3) is 0 Å². The number of ether oxygens (including phenoxy) is 2. The molecule has 0 aliphatic heterocycles. The number of methoxy groups -OCH3 is 1. The van der Waals surface area contributed by atoms with Crippen LogP contribution in [0.2, 0.25) is 5.02 Å². The molecule has 0 heterocycles. The number of aliphatic hydroxyl groups excluding tert-OH is 1. The highest BCUT2D eigenvalue weighted by Crippen LogP contribution is 2.30. The molecule has 3 nitrogen and oxygen atoms in total. The van der Waals surface area contributed by atoms with E-state index in [-0.39, 0.29) is 17.2 Å². The summed E-state index contributed by atoms with van der Waals surface area (Å²) in [5.41, 5.74) is 0. The van der Waals surface area contributed by atoms with E-state index in [1.807, 2.05) is 0 Å². The van der Waals surface area contributed by atoms with Gasteiger partial charge < -0.3 is 14.6 Å². The van der Waals surface area contributed by atoms with Crippen LogP contribution < -0.4 is 4.74 Å². The molecule has 0 saturated heterocycles. The maximum atomic E-state index is 12.9. The molecule has 0 aromatic heterocycles. The summed E-state index contributed by atoms with van der Waals surface area (Å²) in [4.78, 5) is 0. The van der Waals surface area contributed by atoms with Crippen LogP contribution in [0.25, 0.3) is 0 Å². The molecule has 2 rings (SSSR count). The highest BCUT2D eigenvalue weighted by molar-refractivity contribution is 6.30. The molecule has 1 aliphatic carbocycles. The Morgan fingerprint density at radius 2 is 2.25 bits per heavy atom. The number of hydrogen-bond donors (Lipinski definition) is 1. The number of rotatable bonds is 3. The summed E-state index contributed by atoms with van der Waals surface area (Å²) < 4.78 is 23.5. The van der Waals surface area contributed by atoms with Crippen molar-refractivity contribution in [3.05, 3.63) is 29.0 Å². The van der Waals surface area contributed by atoms with Gasteiger partial charge in [0.2, 0.25) is 0 Å². The average molecular weight is 247 g/mol. The maximum absolute atomic E-state index is 12.9. The largest absolute Gasteiger partial charge is 0.487 e. The van der Waals surface area contributed by atoms with Crippen molar-refractivity contribution in [3.8, 4) is 5.75 Å². The van der Waals surface area contributed by atoms with E-state index in [9.17, 15) is 9.50 Å². The zero-order valence-corrected chi connectivity index (χ0v) is 9.45. The molecule has 1 aliphatic rings. The molecule has 16 heavy (non-hydrogen) atoms. The molecule has 1 saturated carbocycles. The van der Waals surface area contributed by atoms with Gasteiger partial charge in [0.05, 0.1) is 11.1 Å². The van der Waals surface area contributed by atoms with Crippen LogP contribution in [0.15, 0.2) is 18.2 Å². The monoisotopic (exact) mass is 246 g/mol. The summed E-state index contributed by atoms with van der Waals surface area (Å²) in [6, 6.07) is 4.15. The van der Waals surface area contributed by atoms with E-state index in [1.54, 1.807) is 0 Å². The fourth-order valence-corrected chi connectivity index (χ4v) is 1.88. The van der Waals surface area contributed by atoms with Gasteiger partial charge in [-0.25, -0.2) is 4.39 Å². The van der Waals surface area contributed by atoms with Crippen LogP contribution in [-0.4, -0.2) is 30.5 Å². The van der Waals surface area contributed by atoms with Crippen LogP contribution in [0.3, 0.4) is 0 Å². The molecule has 1 fully saturated rings. The van der Waals surface area contributed by atoms with Gasteiger partial charge in [0.15, 0.2) is 0 Å². The molecular formula is C11H12ClFO3. The predicted molar refractivity (Wildman–Crippen MR) is 57.2 cm³/mol. The smallest absolute Gasteiger partial charge is 0.142 e. The van der Waals surface area contributed by atoms with Crippen molar-refractivity contribution < 1.29 is 19.0 Å². The van der Waals surface area contributed by atoms with E-state index in [4.69, 9.17) is 21.1 Å². The molecular weight excluding hydrogens is 235 g/mol. The van der Waals surface area contributed by atoms with Crippen LogP contribution >= 0.6 is 11.6 Å². The van der Waals surface area contributed by atoms with Gasteiger partial charge in [0.1, 0.15) is 23.8 Å². The first-order chi connectivity index (χ1) is 7.61. The summed E-state index contributed by atoms with van der Waals surface area (Å²) in [6.45, 7) is 0. The predicted octanol–water partition coefficient (Wildman–Crippen LogP) is 2.01. The number of aliphatic hydroxyl groups is 1. The van der Waals surface area contributed by atoms with E-state index in [0.717, 1.165) is 0 Å². The lowest BCUT2D eigenvalue weighted by atomic mass is 9.88. The molecule has 0 bridgehead atoms. The normalized spacial score (nSPS) is 28.6. The van der Waals surface area contributed by atoms with Crippen molar-refractivity contribution in [2.75, 3.05) is 7.11 Å². The Hall–Kier alpha value is -0.840. The Balaban J connectivity index is 2.02. The van der Waals surface area contributed by atoms with Gasteiger partial charge in [-0.05, 0) is 12.1 Å². The Morgan fingerprint density at radius 1 is 1.50 bits per heavy atom. The zero-order valence-electron chi connectivity index (χ0n) is 8.69. The van der Waals surface area contributed by atoms with Crippen LogP contribution in [0, 0.1) is 5.82 Å². The summed E-state index contributed by atoms with van der Waals surface area (Å²) in [5, 5.41) is 9.38. The molecule has 3 unspecified atom stereocenters. The third kappa shape index (κ3) is 2.14. The van der Waals surface area contributed by atoms with E-state index in [2.05, 4.69) is 0 Å². The standard InChI is InChI=1S/C11H12ClFO3/c1-15-11-9(14)5-10(11)16-6-2-3-8(13)7(12)4-6/h2-4,9-11,14H,5H2,1H3.